The number of carbonyl (C=O) groups is 1. The quantitative estimate of drug-likeness (QED) is 0.460. The van der Waals surface area contributed by atoms with Crippen LogP contribution in [0.15, 0.2) is 83.3 Å². The standard InChI is InChI=1S/C23H22N4O6/c24-22-25-14-27(23(30)26-22)11-17(28)18-19(31-12-15-7-3-1-4-8-15)20(21(29)33-18)32-13-16-9-5-2-6-10-16/h1-10,14,17-18,28H,11-13H2,(H2,24,26,30)/t17-,18+/m0/s1. The predicted molar refractivity (Wildman–Crippen MR) is 116 cm³/mol. The molecule has 0 bridgehead atoms. The number of ether oxygens (including phenoxy) is 3. The van der Waals surface area contributed by atoms with Gasteiger partial charge in [0.1, 0.15) is 25.6 Å². The number of aliphatic hydroxyl groups excluding tert-OH is 1. The molecule has 10 heteroatoms. The Morgan fingerprint density at radius 1 is 1.00 bits per heavy atom. The summed E-state index contributed by atoms with van der Waals surface area (Å²) in [5.41, 5.74) is 6.40. The highest BCUT2D eigenvalue weighted by Crippen LogP contribution is 2.29. The summed E-state index contributed by atoms with van der Waals surface area (Å²) in [6, 6.07) is 18.6. The number of aromatic nitrogens is 3. The summed E-state index contributed by atoms with van der Waals surface area (Å²) in [6.07, 6.45) is -1.36. The fourth-order valence-electron chi connectivity index (χ4n) is 3.24. The summed E-state index contributed by atoms with van der Waals surface area (Å²) in [5, 5.41) is 10.8. The molecule has 1 aromatic heterocycles. The Kier molecular flexibility index (Phi) is 6.65. The third-order valence-electron chi connectivity index (χ3n) is 4.88. The van der Waals surface area contributed by atoms with Gasteiger partial charge < -0.3 is 25.1 Å². The summed E-state index contributed by atoms with van der Waals surface area (Å²) in [7, 11) is 0. The fourth-order valence-corrected chi connectivity index (χ4v) is 3.24. The van der Waals surface area contributed by atoms with Crippen LogP contribution in [0.1, 0.15) is 11.1 Å². The number of cyclic esters (lactones) is 1. The summed E-state index contributed by atoms with van der Waals surface area (Å²) >= 11 is 0. The van der Waals surface area contributed by atoms with Crippen molar-refractivity contribution in [2.24, 2.45) is 0 Å². The molecule has 0 aliphatic carbocycles. The minimum Gasteiger partial charge on any atom is -0.485 e. The maximum Gasteiger partial charge on any atom is 0.378 e. The first-order valence-corrected chi connectivity index (χ1v) is 10.2. The maximum atomic E-state index is 12.6. The van der Waals surface area contributed by atoms with Crippen LogP contribution in [-0.2, 0) is 38.8 Å². The lowest BCUT2D eigenvalue weighted by Gasteiger charge is -2.20. The molecule has 10 nitrogen and oxygen atoms in total. The van der Waals surface area contributed by atoms with Crippen molar-refractivity contribution in [2.75, 3.05) is 5.73 Å². The van der Waals surface area contributed by atoms with Gasteiger partial charge in [-0.15, -0.1) is 0 Å². The molecule has 3 aromatic rings. The zero-order valence-electron chi connectivity index (χ0n) is 17.5. The highest BCUT2D eigenvalue weighted by molar-refractivity contribution is 5.89. The molecule has 1 aliphatic rings. The minimum absolute atomic E-state index is 0.0525. The Balaban J connectivity index is 1.57. The summed E-state index contributed by atoms with van der Waals surface area (Å²) in [6.45, 7) is -0.0159. The number of aliphatic hydroxyl groups is 1. The van der Waals surface area contributed by atoms with Crippen LogP contribution in [-0.4, -0.2) is 37.8 Å². The number of esters is 1. The summed E-state index contributed by atoms with van der Waals surface area (Å²) < 4.78 is 18.1. The van der Waals surface area contributed by atoms with Gasteiger partial charge in [-0.25, -0.2) is 14.6 Å². The van der Waals surface area contributed by atoms with Crippen LogP contribution in [0.4, 0.5) is 5.95 Å². The van der Waals surface area contributed by atoms with E-state index in [2.05, 4.69) is 9.97 Å². The Morgan fingerprint density at radius 3 is 2.21 bits per heavy atom. The van der Waals surface area contributed by atoms with E-state index in [9.17, 15) is 14.7 Å². The van der Waals surface area contributed by atoms with Crippen LogP contribution in [0.2, 0.25) is 0 Å². The average molecular weight is 450 g/mol. The van der Waals surface area contributed by atoms with E-state index in [1.165, 1.54) is 0 Å². The zero-order valence-corrected chi connectivity index (χ0v) is 17.5. The van der Waals surface area contributed by atoms with Gasteiger partial charge in [0, 0.05) is 0 Å². The molecular formula is C23H22N4O6. The lowest BCUT2D eigenvalue weighted by Crippen LogP contribution is -2.37. The Labute approximate surface area is 188 Å². The first kappa shape index (κ1) is 22.0. The van der Waals surface area contributed by atoms with Gasteiger partial charge in [0.25, 0.3) is 0 Å². The smallest absolute Gasteiger partial charge is 0.378 e. The van der Waals surface area contributed by atoms with Crippen LogP contribution >= 0.6 is 0 Å². The van der Waals surface area contributed by atoms with E-state index in [1.54, 1.807) is 0 Å². The molecule has 0 saturated carbocycles. The third-order valence-corrected chi connectivity index (χ3v) is 4.88. The van der Waals surface area contributed by atoms with Crippen molar-refractivity contribution in [3.8, 4) is 0 Å². The van der Waals surface area contributed by atoms with Crippen molar-refractivity contribution in [2.45, 2.75) is 32.0 Å². The Morgan fingerprint density at radius 2 is 1.61 bits per heavy atom. The van der Waals surface area contributed by atoms with Gasteiger partial charge in [-0.1, -0.05) is 60.7 Å². The first-order chi connectivity index (χ1) is 16.0. The van der Waals surface area contributed by atoms with Crippen molar-refractivity contribution in [1.29, 1.82) is 0 Å². The van der Waals surface area contributed by atoms with E-state index < -0.39 is 23.9 Å². The maximum absolute atomic E-state index is 12.6. The number of hydrogen-bond donors (Lipinski definition) is 2. The van der Waals surface area contributed by atoms with E-state index in [0.29, 0.717) is 0 Å². The molecule has 33 heavy (non-hydrogen) atoms. The summed E-state index contributed by atoms with van der Waals surface area (Å²) in [4.78, 5) is 31.9. The number of anilines is 1. The molecule has 0 amide bonds. The van der Waals surface area contributed by atoms with Crippen molar-refractivity contribution >= 4 is 11.9 Å². The van der Waals surface area contributed by atoms with E-state index in [0.717, 1.165) is 22.0 Å². The van der Waals surface area contributed by atoms with Crippen molar-refractivity contribution in [3.05, 3.63) is 100 Å². The molecule has 0 saturated heterocycles. The second-order valence-corrected chi connectivity index (χ2v) is 7.28. The molecular weight excluding hydrogens is 428 g/mol. The van der Waals surface area contributed by atoms with Crippen molar-refractivity contribution in [1.82, 2.24) is 14.5 Å². The van der Waals surface area contributed by atoms with Gasteiger partial charge in [0.15, 0.2) is 11.9 Å². The number of rotatable bonds is 9. The highest BCUT2D eigenvalue weighted by Gasteiger charge is 2.42. The molecule has 4 rings (SSSR count). The van der Waals surface area contributed by atoms with Crippen LogP contribution < -0.4 is 11.4 Å². The molecule has 3 N–H and O–H groups in total. The number of hydrogen-bond acceptors (Lipinski definition) is 9. The average Bonchev–Trinajstić information content (AvgIpc) is 3.14. The fraction of sp³-hybridized carbons (Fsp3) is 0.217. The van der Waals surface area contributed by atoms with Gasteiger partial charge in [-0.2, -0.15) is 4.98 Å². The number of nitrogens with zero attached hydrogens (tertiary/aromatic N) is 3. The molecule has 0 unspecified atom stereocenters. The van der Waals surface area contributed by atoms with E-state index >= 15 is 0 Å². The first-order valence-electron chi connectivity index (χ1n) is 10.2. The van der Waals surface area contributed by atoms with Gasteiger partial charge in [0.2, 0.25) is 11.7 Å². The second kappa shape index (κ2) is 9.96. The zero-order chi connectivity index (χ0) is 23.2. The highest BCUT2D eigenvalue weighted by atomic mass is 16.6. The SMILES string of the molecule is Nc1ncn(C[C@H](O)[C@H]2OC(=O)C(OCc3ccccc3)=C2OCc2ccccc2)c(=O)n1. The Bertz CT molecular complexity index is 1200. The molecule has 1 aliphatic heterocycles. The topological polar surface area (TPSA) is 139 Å². The van der Waals surface area contributed by atoms with Gasteiger partial charge >= 0.3 is 11.7 Å². The number of benzene rings is 2. The molecule has 2 heterocycles. The van der Waals surface area contributed by atoms with Crippen LogP contribution in [0.3, 0.4) is 0 Å². The number of nitrogens with two attached hydrogens (primary N) is 1. The van der Waals surface area contributed by atoms with Gasteiger partial charge in [-0.3, -0.25) is 4.57 Å². The molecule has 0 spiro atoms. The van der Waals surface area contributed by atoms with E-state index in [-0.39, 0.29) is 37.2 Å². The van der Waals surface area contributed by atoms with Crippen molar-refractivity contribution in [3.63, 3.8) is 0 Å². The minimum atomic E-state index is -1.33. The monoisotopic (exact) mass is 450 g/mol. The number of nitrogen functional groups attached to an aromatic ring is 1. The van der Waals surface area contributed by atoms with Crippen LogP contribution in [0.25, 0.3) is 0 Å². The molecule has 0 radical (unpaired) electrons. The molecule has 2 aromatic carbocycles. The third kappa shape index (κ3) is 5.36. The van der Waals surface area contributed by atoms with Gasteiger partial charge in [0.05, 0.1) is 6.54 Å². The molecule has 0 fully saturated rings. The van der Waals surface area contributed by atoms with E-state index in [1.807, 2.05) is 60.7 Å². The largest absolute Gasteiger partial charge is 0.485 e. The normalized spacial score (nSPS) is 16.4. The van der Waals surface area contributed by atoms with Crippen molar-refractivity contribution < 1.29 is 24.1 Å². The van der Waals surface area contributed by atoms with Gasteiger partial charge in [-0.05, 0) is 11.1 Å². The molecule has 170 valence electrons. The van der Waals surface area contributed by atoms with Crippen LogP contribution in [0, 0.1) is 0 Å². The predicted octanol–water partition coefficient (Wildman–Crippen LogP) is 1.15. The van der Waals surface area contributed by atoms with E-state index in [4.69, 9.17) is 19.9 Å². The second-order valence-electron chi connectivity index (χ2n) is 7.28. The Hall–Kier alpha value is -4.18. The lowest BCUT2D eigenvalue weighted by molar-refractivity contribution is -0.148. The summed E-state index contributed by atoms with van der Waals surface area (Å²) in [5.74, 6) is -1.02. The number of carbonyl (C=O) groups excluding carboxylic acids is 1. The molecule has 2 atom stereocenters. The lowest BCUT2D eigenvalue weighted by atomic mass is 10.1. The van der Waals surface area contributed by atoms with Crippen LogP contribution in [0.5, 0.6) is 0 Å².